The van der Waals surface area contributed by atoms with Gasteiger partial charge >= 0.3 is 0 Å². The van der Waals surface area contributed by atoms with Crippen LogP contribution in [0.4, 0.5) is 0 Å². The lowest BCUT2D eigenvalue weighted by Crippen LogP contribution is -2.55. The van der Waals surface area contributed by atoms with E-state index in [9.17, 15) is 0 Å². The van der Waals surface area contributed by atoms with Gasteiger partial charge in [0, 0.05) is 6.42 Å². The molecule has 5 aliphatic carbocycles. The van der Waals surface area contributed by atoms with Crippen molar-refractivity contribution in [3.63, 3.8) is 0 Å². The van der Waals surface area contributed by atoms with Crippen LogP contribution >= 0.6 is 0 Å². The van der Waals surface area contributed by atoms with E-state index in [1.165, 1.54) is 25.7 Å². The Hall–Kier alpha value is -0.0800. The molecule has 8 rings (SSSR count). The minimum absolute atomic E-state index is 0.408. The maximum Gasteiger partial charge on any atom is 0.0875 e. The predicted octanol–water partition coefficient (Wildman–Crippen LogP) is 1.83. The molecular formula is C15H18O2. The Balaban J connectivity index is 1.43. The Kier molecular flexibility index (Phi) is 0.968. The van der Waals surface area contributed by atoms with Crippen molar-refractivity contribution < 1.29 is 9.47 Å². The van der Waals surface area contributed by atoms with E-state index >= 15 is 0 Å². The van der Waals surface area contributed by atoms with Crippen LogP contribution in [0.1, 0.15) is 25.7 Å². The minimum Gasteiger partial charge on any atom is -0.371 e. The predicted molar refractivity (Wildman–Crippen MR) is 59.2 cm³/mol. The lowest BCUT2D eigenvalue weighted by atomic mass is 9.62. The van der Waals surface area contributed by atoms with Gasteiger partial charge in [-0.2, -0.15) is 0 Å². The molecule has 0 aromatic carbocycles. The summed E-state index contributed by atoms with van der Waals surface area (Å²) in [6.45, 7) is 0. The summed E-state index contributed by atoms with van der Waals surface area (Å²) in [5.74, 6) is 6.95. The van der Waals surface area contributed by atoms with Crippen molar-refractivity contribution in [3.8, 4) is 0 Å². The third kappa shape index (κ3) is 0.596. The van der Waals surface area contributed by atoms with Crippen LogP contribution in [0.15, 0.2) is 0 Å². The summed E-state index contributed by atoms with van der Waals surface area (Å²) in [5, 5.41) is 0. The molecule has 11 atom stereocenters. The number of hydrogen-bond donors (Lipinski definition) is 0. The van der Waals surface area contributed by atoms with Gasteiger partial charge in [-0.05, 0) is 60.7 Å². The van der Waals surface area contributed by atoms with Crippen LogP contribution in [0, 0.1) is 41.4 Å². The molecule has 0 radical (unpaired) electrons. The highest BCUT2D eigenvalue weighted by Crippen LogP contribution is 2.80. The van der Waals surface area contributed by atoms with Crippen LogP contribution in [0.2, 0.25) is 0 Å². The molecular weight excluding hydrogens is 212 g/mol. The van der Waals surface area contributed by atoms with E-state index in [2.05, 4.69) is 0 Å². The van der Waals surface area contributed by atoms with Crippen molar-refractivity contribution in [2.45, 2.75) is 49.6 Å². The number of ether oxygens (including phenoxy) is 2. The molecule has 3 aliphatic heterocycles. The Morgan fingerprint density at radius 2 is 1.65 bits per heavy atom. The Morgan fingerprint density at radius 1 is 0.824 bits per heavy atom. The summed E-state index contributed by atoms with van der Waals surface area (Å²) in [4.78, 5) is 0. The Morgan fingerprint density at radius 3 is 2.53 bits per heavy atom. The van der Waals surface area contributed by atoms with Crippen LogP contribution in [-0.2, 0) is 9.47 Å². The largest absolute Gasteiger partial charge is 0.371 e. The van der Waals surface area contributed by atoms with Crippen LogP contribution in [0.5, 0.6) is 0 Å². The van der Waals surface area contributed by atoms with Crippen LogP contribution in [-0.4, -0.2) is 23.9 Å². The first-order chi connectivity index (χ1) is 8.37. The lowest BCUT2D eigenvalue weighted by Gasteiger charge is -2.50. The van der Waals surface area contributed by atoms with Gasteiger partial charge in [0.1, 0.15) is 0 Å². The maximum atomic E-state index is 6.32. The molecule has 3 saturated heterocycles. The quantitative estimate of drug-likeness (QED) is 0.468. The van der Waals surface area contributed by atoms with Crippen molar-refractivity contribution in [3.05, 3.63) is 0 Å². The summed E-state index contributed by atoms with van der Waals surface area (Å²) >= 11 is 0. The van der Waals surface area contributed by atoms with E-state index in [1.54, 1.807) is 0 Å². The summed E-state index contributed by atoms with van der Waals surface area (Å²) in [6.07, 6.45) is 7.97. The molecule has 6 bridgehead atoms. The zero-order valence-corrected chi connectivity index (χ0v) is 9.92. The zero-order valence-electron chi connectivity index (χ0n) is 9.92. The summed E-state index contributed by atoms with van der Waals surface area (Å²) < 4.78 is 12.2. The van der Waals surface area contributed by atoms with Gasteiger partial charge in [-0.3, -0.25) is 0 Å². The fraction of sp³-hybridized carbons (Fsp3) is 1.00. The van der Waals surface area contributed by atoms with Gasteiger partial charge in [0.05, 0.1) is 23.9 Å². The first kappa shape index (κ1) is 8.16. The van der Waals surface area contributed by atoms with Crippen molar-refractivity contribution in [1.82, 2.24) is 0 Å². The monoisotopic (exact) mass is 230 g/mol. The van der Waals surface area contributed by atoms with Crippen molar-refractivity contribution in [2.24, 2.45) is 41.4 Å². The van der Waals surface area contributed by atoms with Crippen molar-refractivity contribution in [1.29, 1.82) is 0 Å². The van der Waals surface area contributed by atoms with Crippen LogP contribution in [0.25, 0.3) is 0 Å². The second kappa shape index (κ2) is 2.02. The summed E-state index contributed by atoms with van der Waals surface area (Å²) in [6, 6.07) is 0. The van der Waals surface area contributed by atoms with Gasteiger partial charge in [0.15, 0.2) is 0 Å². The molecule has 17 heavy (non-hydrogen) atoms. The van der Waals surface area contributed by atoms with E-state index in [4.69, 9.17) is 9.47 Å². The third-order valence-electron chi connectivity index (χ3n) is 8.09. The second-order valence-electron chi connectivity index (χ2n) is 8.03. The zero-order chi connectivity index (χ0) is 10.5. The molecule has 8 aliphatic rings. The Labute approximate surface area is 101 Å². The molecule has 2 nitrogen and oxygen atoms in total. The number of epoxide rings is 1. The van der Waals surface area contributed by atoms with Crippen molar-refractivity contribution >= 4 is 0 Å². The highest BCUT2D eigenvalue weighted by atomic mass is 16.6. The first-order valence-corrected chi connectivity index (χ1v) is 7.70. The maximum absolute atomic E-state index is 6.32. The average Bonchev–Trinajstić information content (AvgIpc) is 2.79. The lowest BCUT2D eigenvalue weighted by molar-refractivity contribution is -0.206. The molecule has 5 saturated carbocycles. The molecule has 0 aromatic rings. The summed E-state index contributed by atoms with van der Waals surface area (Å²) in [5.41, 5.74) is 0.408. The van der Waals surface area contributed by atoms with E-state index in [0.717, 1.165) is 41.4 Å². The van der Waals surface area contributed by atoms with Gasteiger partial charge in [0.25, 0.3) is 0 Å². The molecule has 0 N–H and O–H groups in total. The molecule has 2 heteroatoms. The normalized spacial score (nSPS) is 83.3. The molecule has 0 amide bonds. The molecule has 8 fully saturated rings. The van der Waals surface area contributed by atoms with Gasteiger partial charge in [0.2, 0.25) is 0 Å². The van der Waals surface area contributed by atoms with Gasteiger partial charge in [-0.15, -0.1) is 0 Å². The van der Waals surface area contributed by atoms with Crippen LogP contribution in [0.3, 0.4) is 0 Å². The number of rotatable bonds is 0. The van der Waals surface area contributed by atoms with Crippen LogP contribution < -0.4 is 0 Å². The Bertz CT molecular complexity index is 451. The summed E-state index contributed by atoms with van der Waals surface area (Å²) in [7, 11) is 0. The molecule has 0 aromatic heterocycles. The molecule has 1 spiro atoms. The van der Waals surface area contributed by atoms with Crippen molar-refractivity contribution in [2.75, 3.05) is 0 Å². The van der Waals surface area contributed by atoms with E-state index < -0.39 is 0 Å². The smallest absolute Gasteiger partial charge is 0.0875 e. The SMILES string of the molecule is C1C2C3OC3C1C1C2C2CC1C13CC(CC21)O3. The highest BCUT2D eigenvalue weighted by molar-refractivity contribution is 5.29. The standard InChI is InChI=1S/C15H18O2/c1-5-4-15(17-5)9(1)6-3-10(15)12-8-2-7(11(6)12)13-14(8)16-13/h5-14H,1-4H2. The fourth-order valence-electron chi connectivity index (χ4n) is 8.03. The number of hydrogen-bond acceptors (Lipinski definition) is 2. The minimum atomic E-state index is 0.408. The second-order valence-corrected chi connectivity index (χ2v) is 8.03. The van der Waals surface area contributed by atoms with E-state index in [0.29, 0.717) is 23.9 Å². The first-order valence-electron chi connectivity index (χ1n) is 7.70. The van der Waals surface area contributed by atoms with Gasteiger partial charge < -0.3 is 9.47 Å². The third-order valence-corrected chi connectivity index (χ3v) is 8.09. The van der Waals surface area contributed by atoms with Gasteiger partial charge in [-0.1, -0.05) is 0 Å². The topological polar surface area (TPSA) is 21.8 Å². The molecule has 90 valence electrons. The highest BCUT2D eigenvalue weighted by Gasteiger charge is 2.81. The average molecular weight is 230 g/mol. The van der Waals surface area contributed by atoms with E-state index in [-0.39, 0.29) is 0 Å². The molecule has 3 heterocycles. The fourth-order valence-corrected chi connectivity index (χ4v) is 8.03. The van der Waals surface area contributed by atoms with E-state index in [1.807, 2.05) is 0 Å². The number of fused-ring (bicyclic) bond motifs is 12. The van der Waals surface area contributed by atoms with Gasteiger partial charge in [-0.25, -0.2) is 0 Å². The molecule has 11 unspecified atom stereocenters.